The van der Waals surface area contributed by atoms with Gasteiger partial charge in [0.1, 0.15) is 5.37 Å². The van der Waals surface area contributed by atoms with Crippen LogP contribution in [0.25, 0.3) is 0 Å². The number of thioether (sulfide) groups is 1. The van der Waals surface area contributed by atoms with E-state index in [2.05, 4.69) is 0 Å². The summed E-state index contributed by atoms with van der Waals surface area (Å²) >= 11 is 6.97. The lowest BCUT2D eigenvalue weighted by Gasteiger charge is -2.33. The average molecular weight is 294 g/mol. The molecule has 0 saturated heterocycles. The average Bonchev–Trinajstić information content (AvgIpc) is 2.76. The number of halogens is 1. The molecule has 1 rings (SSSR count). The number of alkyl halides is 1. The smallest absolute Gasteiger partial charge is 0.416 e. The molecular formula is C11H16ClNO4S. The highest BCUT2D eigenvalue weighted by molar-refractivity contribution is 8.03. The van der Waals surface area contributed by atoms with Gasteiger partial charge in [0.15, 0.2) is 5.56 Å². The van der Waals surface area contributed by atoms with Crippen LogP contribution >= 0.6 is 23.4 Å². The van der Waals surface area contributed by atoms with Gasteiger partial charge < -0.3 is 9.47 Å². The fraction of sp³-hybridized carbons (Fsp3) is 0.636. The summed E-state index contributed by atoms with van der Waals surface area (Å²) in [5, 5.41) is 1.32. The normalized spacial score (nSPS) is 20.7. The van der Waals surface area contributed by atoms with E-state index in [9.17, 15) is 9.59 Å². The number of carbonyl (C=O) groups is 2. The topological polar surface area (TPSA) is 55.8 Å². The Morgan fingerprint density at radius 1 is 1.50 bits per heavy atom. The first kappa shape index (κ1) is 15.2. The first-order valence-corrected chi connectivity index (χ1v) is 6.72. The van der Waals surface area contributed by atoms with Crippen LogP contribution in [0.1, 0.15) is 20.8 Å². The zero-order valence-corrected chi connectivity index (χ0v) is 12.2. The number of hydrogen-bond donors (Lipinski definition) is 0. The minimum Gasteiger partial charge on any atom is -0.469 e. The zero-order chi connectivity index (χ0) is 13.9. The number of nitrogens with zero attached hydrogens (tertiary/aromatic N) is 1. The number of ether oxygens (including phenoxy) is 2. The fourth-order valence-electron chi connectivity index (χ4n) is 1.56. The third-order valence-electron chi connectivity index (χ3n) is 2.48. The third-order valence-corrected chi connectivity index (χ3v) is 3.93. The van der Waals surface area contributed by atoms with Gasteiger partial charge >= 0.3 is 12.1 Å². The zero-order valence-electron chi connectivity index (χ0n) is 10.7. The maximum absolute atomic E-state index is 11.8. The quantitative estimate of drug-likeness (QED) is 0.591. The number of amides is 1. The summed E-state index contributed by atoms with van der Waals surface area (Å²) in [4.78, 5) is 24.9. The van der Waals surface area contributed by atoms with Crippen molar-refractivity contribution >= 4 is 35.4 Å². The molecule has 5 nitrogen and oxygen atoms in total. The van der Waals surface area contributed by atoms with Crippen LogP contribution in [0.15, 0.2) is 11.6 Å². The van der Waals surface area contributed by atoms with Gasteiger partial charge in [-0.1, -0.05) is 11.6 Å². The molecule has 102 valence electrons. The van der Waals surface area contributed by atoms with Gasteiger partial charge in [0.2, 0.25) is 0 Å². The highest BCUT2D eigenvalue weighted by atomic mass is 35.5. The Hall–Kier alpha value is -0.880. The van der Waals surface area contributed by atoms with Gasteiger partial charge in [0, 0.05) is 6.20 Å². The van der Waals surface area contributed by atoms with E-state index in [0.29, 0.717) is 0 Å². The van der Waals surface area contributed by atoms with E-state index in [1.165, 1.54) is 23.8 Å². The van der Waals surface area contributed by atoms with Gasteiger partial charge in [0.05, 0.1) is 12.5 Å². The van der Waals surface area contributed by atoms with E-state index >= 15 is 0 Å². The molecule has 1 aliphatic heterocycles. The van der Waals surface area contributed by atoms with E-state index in [1.807, 2.05) is 0 Å². The van der Waals surface area contributed by atoms with Crippen LogP contribution in [0, 0.1) is 5.41 Å². The predicted octanol–water partition coefficient (Wildman–Crippen LogP) is 2.75. The lowest BCUT2D eigenvalue weighted by atomic mass is 9.92. The molecule has 2 unspecified atom stereocenters. The molecule has 1 amide bonds. The van der Waals surface area contributed by atoms with Crippen LogP contribution < -0.4 is 0 Å². The van der Waals surface area contributed by atoms with Gasteiger partial charge in [-0.15, -0.1) is 11.8 Å². The van der Waals surface area contributed by atoms with Crippen LogP contribution in [0.4, 0.5) is 4.79 Å². The van der Waals surface area contributed by atoms with E-state index in [4.69, 9.17) is 21.1 Å². The van der Waals surface area contributed by atoms with Crippen molar-refractivity contribution in [3.05, 3.63) is 11.6 Å². The summed E-state index contributed by atoms with van der Waals surface area (Å²) in [5.41, 5.74) is -1.57. The molecule has 0 bridgehead atoms. The third kappa shape index (κ3) is 3.11. The van der Waals surface area contributed by atoms with Crippen molar-refractivity contribution in [1.29, 1.82) is 0 Å². The molecule has 0 radical (unpaired) electrons. The maximum Gasteiger partial charge on any atom is 0.416 e. The molecule has 0 aliphatic carbocycles. The highest BCUT2D eigenvalue weighted by Gasteiger charge is 2.45. The molecule has 0 aromatic rings. The minimum atomic E-state index is -0.850. The van der Waals surface area contributed by atoms with E-state index < -0.39 is 22.4 Å². The van der Waals surface area contributed by atoms with Gasteiger partial charge in [-0.3, -0.25) is 9.69 Å². The first-order valence-electron chi connectivity index (χ1n) is 5.34. The van der Waals surface area contributed by atoms with Crippen molar-refractivity contribution < 1.29 is 19.1 Å². The van der Waals surface area contributed by atoms with Crippen LogP contribution in [-0.2, 0) is 14.3 Å². The minimum absolute atomic E-state index is 0.388. The van der Waals surface area contributed by atoms with Crippen LogP contribution in [0.3, 0.4) is 0 Å². The van der Waals surface area contributed by atoms with Crippen molar-refractivity contribution in [2.24, 2.45) is 5.41 Å². The molecule has 0 aromatic heterocycles. The standard InChI is InChI=1S/C11H16ClNO4S/c1-7(12)17-10(15)13-5-6-18-8(13)11(2,3)9(14)16-4/h5-8H,1-4H3. The number of hydrogen-bond acceptors (Lipinski definition) is 5. The van der Waals surface area contributed by atoms with Crippen LogP contribution in [0.5, 0.6) is 0 Å². The summed E-state index contributed by atoms with van der Waals surface area (Å²) in [7, 11) is 1.32. The van der Waals surface area contributed by atoms with E-state index in [-0.39, 0.29) is 5.97 Å². The fourth-order valence-corrected chi connectivity index (χ4v) is 2.71. The molecule has 1 heterocycles. The lowest BCUT2D eigenvalue weighted by Crippen LogP contribution is -2.46. The van der Waals surface area contributed by atoms with Crippen molar-refractivity contribution in [2.75, 3.05) is 7.11 Å². The summed E-state index contributed by atoms with van der Waals surface area (Å²) in [6, 6.07) is 0. The molecule has 7 heteroatoms. The Bertz CT molecular complexity index is 370. The second-order valence-corrected chi connectivity index (χ2v) is 5.93. The second-order valence-electron chi connectivity index (χ2n) is 4.32. The van der Waals surface area contributed by atoms with Crippen molar-refractivity contribution in [3.8, 4) is 0 Å². The Labute approximate surface area is 115 Å². The SMILES string of the molecule is COC(=O)C(C)(C)C1SC=CN1C(=O)OC(C)Cl. The molecule has 0 fully saturated rings. The molecule has 18 heavy (non-hydrogen) atoms. The Morgan fingerprint density at radius 3 is 2.61 bits per heavy atom. The summed E-state index contributed by atoms with van der Waals surface area (Å²) in [6.07, 6.45) is 0.988. The Kier molecular flexibility index (Phi) is 4.92. The van der Waals surface area contributed by atoms with Crippen LogP contribution in [-0.4, -0.2) is 35.0 Å². The second kappa shape index (κ2) is 5.84. The van der Waals surface area contributed by atoms with Gasteiger partial charge in [-0.2, -0.15) is 0 Å². The van der Waals surface area contributed by atoms with E-state index in [0.717, 1.165) is 0 Å². The number of methoxy groups -OCH3 is 1. The van der Waals surface area contributed by atoms with Gasteiger partial charge in [-0.25, -0.2) is 4.79 Å². The molecule has 1 aliphatic rings. The Morgan fingerprint density at radius 2 is 2.11 bits per heavy atom. The molecular weight excluding hydrogens is 278 g/mol. The molecule has 0 saturated carbocycles. The lowest BCUT2D eigenvalue weighted by molar-refractivity contribution is -0.151. The Balaban J connectivity index is 2.84. The number of esters is 1. The van der Waals surface area contributed by atoms with Crippen molar-refractivity contribution in [1.82, 2.24) is 4.90 Å². The van der Waals surface area contributed by atoms with E-state index in [1.54, 1.807) is 32.4 Å². The van der Waals surface area contributed by atoms with Gasteiger partial charge in [0.25, 0.3) is 0 Å². The summed E-state index contributed by atoms with van der Waals surface area (Å²) in [5.74, 6) is -0.388. The van der Waals surface area contributed by atoms with Crippen molar-refractivity contribution in [2.45, 2.75) is 31.7 Å². The largest absolute Gasteiger partial charge is 0.469 e. The van der Waals surface area contributed by atoms with Crippen LogP contribution in [0.2, 0.25) is 0 Å². The predicted molar refractivity (Wildman–Crippen MR) is 70.0 cm³/mol. The summed E-state index contributed by atoms with van der Waals surface area (Å²) < 4.78 is 9.66. The number of carbonyl (C=O) groups excluding carboxylic acids is 2. The monoisotopic (exact) mass is 293 g/mol. The number of rotatable bonds is 3. The maximum atomic E-state index is 11.8. The molecule has 0 aromatic carbocycles. The van der Waals surface area contributed by atoms with Gasteiger partial charge in [-0.05, 0) is 26.2 Å². The van der Waals surface area contributed by atoms with Crippen molar-refractivity contribution in [3.63, 3.8) is 0 Å². The summed E-state index contributed by atoms with van der Waals surface area (Å²) in [6.45, 7) is 4.98. The molecule has 0 N–H and O–H groups in total. The molecule has 2 atom stereocenters. The molecule has 0 spiro atoms. The highest BCUT2D eigenvalue weighted by Crippen LogP contribution is 2.39. The first-order chi connectivity index (χ1) is 8.30.